The number of hydrogen-bond donors (Lipinski definition) is 1. The van der Waals surface area contributed by atoms with Crippen LogP contribution in [0.3, 0.4) is 0 Å². The van der Waals surface area contributed by atoms with Crippen LogP contribution in [0.5, 0.6) is 0 Å². The summed E-state index contributed by atoms with van der Waals surface area (Å²) in [6, 6.07) is 15.4. The molecule has 0 saturated carbocycles. The molecular formula is C24H27N5O4. The van der Waals surface area contributed by atoms with Crippen LogP contribution in [-0.2, 0) is 11.3 Å². The van der Waals surface area contributed by atoms with Crippen molar-refractivity contribution in [1.29, 1.82) is 0 Å². The molecule has 0 aliphatic carbocycles. The summed E-state index contributed by atoms with van der Waals surface area (Å²) < 4.78 is 7.35. The van der Waals surface area contributed by atoms with Crippen LogP contribution in [0.2, 0.25) is 0 Å². The summed E-state index contributed by atoms with van der Waals surface area (Å²) in [7, 11) is 0. The van der Waals surface area contributed by atoms with Crippen LogP contribution in [0, 0.1) is 17.0 Å². The molecule has 1 N–H and O–H groups in total. The number of rotatable bonds is 6. The standard InChI is InChI=1S/C24H27N5O4/c1-16-12-23(28(26-16)21-8-10-22(11-9-21)29(31)32)25-24(30)20-6-4-19(5-7-20)15-27-13-17(2)33-18(3)14-27/h4-12,17-18H,13-15H2,1-3H3,(H,25,30). The fourth-order valence-corrected chi connectivity index (χ4v) is 4.12. The lowest BCUT2D eigenvalue weighted by Crippen LogP contribution is -2.44. The van der Waals surface area contributed by atoms with Crippen molar-refractivity contribution in [3.63, 3.8) is 0 Å². The number of carbonyl (C=O) groups excluding carboxylic acids is 1. The van der Waals surface area contributed by atoms with Gasteiger partial charge >= 0.3 is 0 Å². The van der Waals surface area contributed by atoms with E-state index in [1.165, 1.54) is 12.1 Å². The molecule has 2 heterocycles. The Hall–Kier alpha value is -3.56. The highest BCUT2D eigenvalue weighted by molar-refractivity contribution is 6.04. The van der Waals surface area contributed by atoms with Gasteiger partial charge in [0.05, 0.1) is 28.5 Å². The van der Waals surface area contributed by atoms with Gasteiger partial charge in [-0.05, 0) is 50.6 Å². The van der Waals surface area contributed by atoms with E-state index in [2.05, 4.69) is 29.2 Å². The Kier molecular flexibility index (Phi) is 6.52. The number of amides is 1. The Bertz CT molecular complexity index is 1130. The molecule has 9 heteroatoms. The molecule has 1 aliphatic heterocycles. The normalized spacial score (nSPS) is 18.8. The predicted octanol–water partition coefficient (Wildman–Crippen LogP) is 3.95. The Labute approximate surface area is 192 Å². The van der Waals surface area contributed by atoms with Gasteiger partial charge in [0, 0.05) is 43.4 Å². The molecule has 0 bridgehead atoms. The first kappa shape index (κ1) is 22.6. The third-order valence-electron chi connectivity index (χ3n) is 5.50. The van der Waals surface area contributed by atoms with Gasteiger partial charge in [-0.15, -0.1) is 0 Å². The Morgan fingerprint density at radius 1 is 1.12 bits per heavy atom. The molecule has 1 saturated heterocycles. The number of morpholine rings is 1. The highest BCUT2D eigenvalue weighted by Crippen LogP contribution is 2.21. The summed E-state index contributed by atoms with van der Waals surface area (Å²) in [5.74, 6) is 0.241. The number of nitro groups is 1. The number of ether oxygens (including phenoxy) is 1. The van der Waals surface area contributed by atoms with E-state index < -0.39 is 4.92 Å². The summed E-state index contributed by atoms with van der Waals surface area (Å²) in [6.45, 7) is 8.57. The zero-order chi connectivity index (χ0) is 23.5. The molecule has 2 aromatic carbocycles. The molecule has 1 amide bonds. The van der Waals surface area contributed by atoms with E-state index >= 15 is 0 Å². The summed E-state index contributed by atoms with van der Waals surface area (Å²) >= 11 is 0. The van der Waals surface area contributed by atoms with Crippen molar-refractivity contribution in [1.82, 2.24) is 14.7 Å². The number of nitro benzene ring substituents is 1. The van der Waals surface area contributed by atoms with E-state index in [1.807, 2.05) is 31.2 Å². The van der Waals surface area contributed by atoms with Crippen molar-refractivity contribution in [2.75, 3.05) is 18.4 Å². The minimum absolute atomic E-state index is 0.00528. The summed E-state index contributed by atoms with van der Waals surface area (Å²) in [5.41, 5.74) is 3.01. The molecule has 33 heavy (non-hydrogen) atoms. The zero-order valence-electron chi connectivity index (χ0n) is 18.9. The molecule has 9 nitrogen and oxygen atoms in total. The lowest BCUT2D eigenvalue weighted by molar-refractivity contribution is -0.384. The minimum Gasteiger partial charge on any atom is -0.373 e. The molecule has 1 fully saturated rings. The minimum atomic E-state index is -0.454. The summed E-state index contributed by atoms with van der Waals surface area (Å²) in [4.78, 5) is 25.7. The predicted molar refractivity (Wildman–Crippen MR) is 125 cm³/mol. The number of carbonyl (C=O) groups is 1. The number of non-ortho nitro benzene ring substituents is 1. The van der Waals surface area contributed by atoms with Crippen LogP contribution in [0.15, 0.2) is 54.6 Å². The van der Waals surface area contributed by atoms with Gasteiger partial charge in [0.2, 0.25) is 0 Å². The molecule has 0 spiro atoms. The number of aromatic nitrogens is 2. The topological polar surface area (TPSA) is 103 Å². The second kappa shape index (κ2) is 9.51. The first-order chi connectivity index (χ1) is 15.8. The van der Waals surface area contributed by atoms with Crippen LogP contribution in [0.1, 0.15) is 35.5 Å². The maximum atomic E-state index is 12.9. The lowest BCUT2D eigenvalue weighted by Gasteiger charge is -2.35. The number of benzene rings is 2. The first-order valence-electron chi connectivity index (χ1n) is 10.9. The van der Waals surface area contributed by atoms with Crippen LogP contribution < -0.4 is 5.32 Å². The van der Waals surface area contributed by atoms with Crippen LogP contribution in [-0.4, -0.2) is 50.8 Å². The van der Waals surface area contributed by atoms with E-state index in [0.717, 1.165) is 25.2 Å². The van der Waals surface area contributed by atoms with E-state index in [-0.39, 0.29) is 23.8 Å². The van der Waals surface area contributed by atoms with Gasteiger partial charge in [-0.25, -0.2) is 4.68 Å². The van der Waals surface area contributed by atoms with Gasteiger partial charge in [-0.2, -0.15) is 5.10 Å². The monoisotopic (exact) mass is 449 g/mol. The smallest absolute Gasteiger partial charge is 0.269 e. The molecule has 0 radical (unpaired) electrons. The fourth-order valence-electron chi connectivity index (χ4n) is 4.12. The van der Waals surface area contributed by atoms with Gasteiger partial charge in [0.15, 0.2) is 0 Å². The second-order valence-electron chi connectivity index (χ2n) is 8.46. The van der Waals surface area contributed by atoms with Gasteiger partial charge in [-0.3, -0.25) is 19.8 Å². The van der Waals surface area contributed by atoms with Crippen molar-refractivity contribution in [2.24, 2.45) is 0 Å². The highest BCUT2D eigenvalue weighted by Gasteiger charge is 2.22. The molecule has 1 aliphatic rings. The van der Waals surface area contributed by atoms with Crippen LogP contribution in [0.25, 0.3) is 5.69 Å². The van der Waals surface area contributed by atoms with E-state index in [9.17, 15) is 14.9 Å². The number of anilines is 1. The van der Waals surface area contributed by atoms with Crippen molar-refractivity contribution in [2.45, 2.75) is 39.5 Å². The van der Waals surface area contributed by atoms with E-state index in [4.69, 9.17) is 4.74 Å². The van der Waals surface area contributed by atoms with E-state index in [1.54, 1.807) is 22.9 Å². The molecule has 172 valence electrons. The van der Waals surface area contributed by atoms with E-state index in [0.29, 0.717) is 22.8 Å². The first-order valence-corrected chi connectivity index (χ1v) is 10.9. The molecule has 2 unspecified atom stereocenters. The van der Waals surface area contributed by atoms with Crippen LogP contribution >= 0.6 is 0 Å². The quantitative estimate of drug-likeness (QED) is 0.452. The number of nitrogens with zero attached hydrogens (tertiary/aromatic N) is 4. The van der Waals surface area contributed by atoms with Crippen molar-refractivity contribution >= 4 is 17.4 Å². The van der Waals surface area contributed by atoms with Gasteiger partial charge in [-0.1, -0.05) is 12.1 Å². The maximum absolute atomic E-state index is 12.9. The van der Waals surface area contributed by atoms with Crippen molar-refractivity contribution < 1.29 is 14.5 Å². The van der Waals surface area contributed by atoms with Gasteiger partial charge in [0.25, 0.3) is 11.6 Å². The average molecular weight is 450 g/mol. The van der Waals surface area contributed by atoms with Crippen LogP contribution in [0.4, 0.5) is 11.5 Å². The Balaban J connectivity index is 1.45. The molecule has 1 aromatic heterocycles. The van der Waals surface area contributed by atoms with Crippen molar-refractivity contribution in [3.8, 4) is 5.69 Å². The third kappa shape index (κ3) is 5.44. The second-order valence-corrected chi connectivity index (χ2v) is 8.46. The lowest BCUT2D eigenvalue weighted by atomic mass is 10.1. The molecular weight excluding hydrogens is 422 g/mol. The maximum Gasteiger partial charge on any atom is 0.269 e. The molecule has 3 aromatic rings. The fraction of sp³-hybridized carbons (Fsp3) is 0.333. The van der Waals surface area contributed by atoms with Crippen molar-refractivity contribution in [3.05, 3.63) is 81.5 Å². The Morgan fingerprint density at radius 2 is 1.76 bits per heavy atom. The van der Waals surface area contributed by atoms with Gasteiger partial charge < -0.3 is 10.1 Å². The van der Waals surface area contributed by atoms with Gasteiger partial charge in [0.1, 0.15) is 5.82 Å². The number of nitrogens with one attached hydrogen (secondary N) is 1. The SMILES string of the molecule is Cc1cc(NC(=O)c2ccc(CN3CC(C)OC(C)C3)cc2)n(-c2ccc([N+](=O)[O-])cc2)n1. The summed E-state index contributed by atoms with van der Waals surface area (Å²) in [6.07, 6.45) is 0.422. The molecule has 2 atom stereocenters. The summed E-state index contributed by atoms with van der Waals surface area (Å²) in [5, 5.41) is 18.2. The Morgan fingerprint density at radius 3 is 2.36 bits per heavy atom. The third-order valence-corrected chi connectivity index (χ3v) is 5.50. The largest absolute Gasteiger partial charge is 0.373 e. The zero-order valence-corrected chi connectivity index (χ0v) is 18.9. The molecule has 4 rings (SSSR count). The average Bonchev–Trinajstić information content (AvgIpc) is 3.13. The number of hydrogen-bond acceptors (Lipinski definition) is 6. The highest BCUT2D eigenvalue weighted by atomic mass is 16.6. The number of aryl methyl sites for hydroxylation is 1.